The highest BCUT2D eigenvalue weighted by Crippen LogP contribution is 2.14. The van der Waals surface area contributed by atoms with Gasteiger partial charge >= 0.3 is 5.97 Å². The van der Waals surface area contributed by atoms with E-state index in [2.05, 4.69) is 0 Å². The van der Waals surface area contributed by atoms with Crippen LogP contribution in [0.4, 0.5) is 0 Å². The number of carbonyl (C=O) groups is 1. The van der Waals surface area contributed by atoms with E-state index >= 15 is 0 Å². The molecule has 1 aliphatic carbocycles. The lowest BCUT2D eigenvalue weighted by Gasteiger charge is -2.09. The van der Waals surface area contributed by atoms with Gasteiger partial charge in [0.2, 0.25) is 0 Å². The Kier molecular flexibility index (Phi) is 8.38. The van der Waals surface area contributed by atoms with Crippen LogP contribution in [0.3, 0.4) is 0 Å². The highest BCUT2D eigenvalue weighted by molar-refractivity contribution is 5.69. The van der Waals surface area contributed by atoms with Crippen LogP contribution in [-0.2, 0) is 14.3 Å². The van der Waals surface area contributed by atoms with Crippen LogP contribution >= 0.6 is 0 Å². The molecule has 1 rings (SSSR count). The van der Waals surface area contributed by atoms with Crippen LogP contribution in [0, 0.1) is 0 Å². The minimum atomic E-state index is -0.189. The molecule has 0 heterocycles. The molecular formula is C12H24O3. The summed E-state index contributed by atoms with van der Waals surface area (Å²) < 4.78 is 10.1. The van der Waals surface area contributed by atoms with Gasteiger partial charge in [0, 0.05) is 0 Å². The van der Waals surface area contributed by atoms with Gasteiger partial charge in [0.1, 0.15) is 0 Å². The van der Waals surface area contributed by atoms with Gasteiger partial charge in [-0.05, 0) is 27.7 Å². The maximum Gasteiger partial charge on any atom is 0.308 e. The molecule has 1 aliphatic rings. The summed E-state index contributed by atoms with van der Waals surface area (Å²) in [6.07, 6.45) is 4.99. The molecule has 0 amide bonds. The van der Waals surface area contributed by atoms with E-state index in [-0.39, 0.29) is 18.2 Å². The summed E-state index contributed by atoms with van der Waals surface area (Å²) in [7, 11) is 0. The third kappa shape index (κ3) is 16.1. The lowest BCUT2D eigenvalue weighted by Crippen LogP contribution is -2.14. The predicted octanol–water partition coefficient (Wildman–Crippen LogP) is 2.92. The summed E-state index contributed by atoms with van der Waals surface area (Å²) in [6, 6.07) is 0. The van der Waals surface area contributed by atoms with Crippen molar-refractivity contribution >= 4 is 5.97 Å². The molecule has 90 valence electrons. The fourth-order valence-corrected chi connectivity index (χ4v) is 0.700. The van der Waals surface area contributed by atoms with Crippen molar-refractivity contribution < 1.29 is 14.3 Å². The van der Waals surface area contributed by atoms with E-state index in [1.54, 1.807) is 0 Å². The molecule has 0 N–H and O–H groups in total. The smallest absolute Gasteiger partial charge is 0.308 e. The van der Waals surface area contributed by atoms with Crippen LogP contribution in [0.25, 0.3) is 0 Å². The van der Waals surface area contributed by atoms with Crippen molar-refractivity contribution in [2.75, 3.05) is 6.61 Å². The minimum Gasteiger partial charge on any atom is -0.463 e. The molecule has 0 saturated heterocycles. The molecule has 0 atom stereocenters. The van der Waals surface area contributed by atoms with E-state index in [4.69, 9.17) is 9.47 Å². The summed E-state index contributed by atoms with van der Waals surface area (Å²) in [5, 5.41) is 0. The first-order valence-electron chi connectivity index (χ1n) is 5.83. The molecule has 0 aromatic rings. The van der Waals surface area contributed by atoms with E-state index in [1.807, 2.05) is 27.7 Å². The molecule has 0 aromatic carbocycles. The molecule has 0 radical (unpaired) electrons. The van der Waals surface area contributed by atoms with Crippen LogP contribution in [-0.4, -0.2) is 24.8 Å². The fraction of sp³-hybridized carbons (Fsp3) is 0.917. The van der Waals surface area contributed by atoms with E-state index in [9.17, 15) is 4.79 Å². The van der Waals surface area contributed by atoms with Crippen LogP contribution in [0.1, 0.15) is 53.4 Å². The average molecular weight is 216 g/mol. The Labute approximate surface area is 93.1 Å². The number of rotatable bonds is 5. The zero-order valence-electron chi connectivity index (χ0n) is 10.4. The standard InChI is InChI=1S/C9H18O3.C3H6/c1-7(2)11-6-5-9(10)12-8(3)4;1-2-3-1/h7-8H,5-6H2,1-4H3;1-3H2. The van der Waals surface area contributed by atoms with Gasteiger partial charge in [-0.15, -0.1) is 0 Å². The highest BCUT2D eigenvalue weighted by Gasteiger charge is 2.05. The SMILES string of the molecule is C1CC1.CC(C)OCCC(=O)OC(C)C. The Bertz CT molecular complexity index is 159. The first-order valence-corrected chi connectivity index (χ1v) is 5.83. The molecule has 1 fully saturated rings. The summed E-state index contributed by atoms with van der Waals surface area (Å²) in [5.74, 6) is -0.189. The van der Waals surface area contributed by atoms with Crippen molar-refractivity contribution in [3.8, 4) is 0 Å². The van der Waals surface area contributed by atoms with Crippen molar-refractivity contribution in [2.45, 2.75) is 65.6 Å². The lowest BCUT2D eigenvalue weighted by molar-refractivity contribution is -0.148. The van der Waals surface area contributed by atoms with Gasteiger partial charge in [0.15, 0.2) is 0 Å². The Morgan fingerprint density at radius 1 is 1.07 bits per heavy atom. The molecule has 15 heavy (non-hydrogen) atoms. The monoisotopic (exact) mass is 216 g/mol. The van der Waals surface area contributed by atoms with Crippen LogP contribution in [0.15, 0.2) is 0 Å². The molecule has 3 heteroatoms. The first kappa shape index (κ1) is 14.4. The zero-order valence-corrected chi connectivity index (χ0v) is 10.4. The molecule has 0 bridgehead atoms. The van der Waals surface area contributed by atoms with Gasteiger partial charge in [-0.2, -0.15) is 0 Å². The lowest BCUT2D eigenvalue weighted by atomic mass is 10.4. The molecule has 3 nitrogen and oxygen atoms in total. The molecular weight excluding hydrogens is 192 g/mol. The van der Waals surface area contributed by atoms with E-state index < -0.39 is 0 Å². The number of carbonyl (C=O) groups excluding carboxylic acids is 1. The van der Waals surface area contributed by atoms with Crippen LogP contribution in [0.5, 0.6) is 0 Å². The van der Waals surface area contributed by atoms with Gasteiger partial charge in [0.25, 0.3) is 0 Å². The number of ether oxygens (including phenoxy) is 2. The number of hydrogen-bond acceptors (Lipinski definition) is 3. The summed E-state index contributed by atoms with van der Waals surface area (Å²) in [6.45, 7) is 7.99. The van der Waals surface area contributed by atoms with Gasteiger partial charge in [0.05, 0.1) is 25.2 Å². The predicted molar refractivity (Wildman–Crippen MR) is 60.8 cm³/mol. The van der Waals surface area contributed by atoms with Crippen molar-refractivity contribution in [3.05, 3.63) is 0 Å². The van der Waals surface area contributed by atoms with Crippen molar-refractivity contribution in [2.24, 2.45) is 0 Å². The van der Waals surface area contributed by atoms with Gasteiger partial charge in [-0.25, -0.2) is 0 Å². The Hall–Kier alpha value is -0.570. The van der Waals surface area contributed by atoms with E-state index in [0.29, 0.717) is 13.0 Å². The molecule has 0 spiro atoms. The largest absolute Gasteiger partial charge is 0.463 e. The third-order valence-corrected chi connectivity index (χ3v) is 1.48. The van der Waals surface area contributed by atoms with Crippen molar-refractivity contribution in [1.29, 1.82) is 0 Å². The second kappa shape index (κ2) is 8.72. The van der Waals surface area contributed by atoms with E-state index in [1.165, 1.54) is 19.3 Å². The second-order valence-electron chi connectivity index (χ2n) is 4.27. The van der Waals surface area contributed by atoms with Gasteiger partial charge in [-0.1, -0.05) is 19.3 Å². The number of esters is 1. The van der Waals surface area contributed by atoms with Crippen molar-refractivity contribution in [3.63, 3.8) is 0 Å². The highest BCUT2D eigenvalue weighted by atomic mass is 16.5. The molecule has 0 aromatic heterocycles. The fourth-order valence-electron chi connectivity index (χ4n) is 0.700. The quantitative estimate of drug-likeness (QED) is 0.663. The van der Waals surface area contributed by atoms with Crippen molar-refractivity contribution in [1.82, 2.24) is 0 Å². The van der Waals surface area contributed by atoms with Gasteiger partial charge < -0.3 is 9.47 Å². The maximum atomic E-state index is 10.9. The number of hydrogen-bond donors (Lipinski definition) is 0. The third-order valence-electron chi connectivity index (χ3n) is 1.48. The molecule has 0 aliphatic heterocycles. The first-order chi connectivity index (χ1) is 7.02. The van der Waals surface area contributed by atoms with Crippen LogP contribution in [0.2, 0.25) is 0 Å². The van der Waals surface area contributed by atoms with Crippen LogP contribution < -0.4 is 0 Å². The summed E-state index contributed by atoms with van der Waals surface area (Å²) >= 11 is 0. The normalized spacial score (nSPS) is 13.5. The Balaban J connectivity index is 0.000000548. The summed E-state index contributed by atoms with van der Waals surface area (Å²) in [4.78, 5) is 10.9. The maximum absolute atomic E-state index is 10.9. The summed E-state index contributed by atoms with van der Waals surface area (Å²) in [5.41, 5.74) is 0. The van der Waals surface area contributed by atoms with Gasteiger partial charge in [-0.3, -0.25) is 4.79 Å². The average Bonchev–Trinajstić information content (AvgIpc) is 2.86. The zero-order chi connectivity index (χ0) is 11.7. The minimum absolute atomic E-state index is 0.0310. The molecule has 0 unspecified atom stereocenters. The second-order valence-corrected chi connectivity index (χ2v) is 4.27. The topological polar surface area (TPSA) is 35.5 Å². The molecule has 1 saturated carbocycles. The Morgan fingerprint density at radius 3 is 1.93 bits per heavy atom. The Morgan fingerprint density at radius 2 is 1.60 bits per heavy atom. The van der Waals surface area contributed by atoms with E-state index in [0.717, 1.165) is 0 Å².